The quantitative estimate of drug-likeness (QED) is 0.252. The van der Waals surface area contributed by atoms with Gasteiger partial charge < -0.3 is 20.6 Å². The third kappa shape index (κ3) is 8.94. The number of rotatable bonds is 14. The van der Waals surface area contributed by atoms with Crippen molar-refractivity contribution in [1.29, 1.82) is 0 Å². The SMILES string of the molecule is Cc1cc(N[C@@H](CCN(CCCCc2ccc3c(n2)NCCC3)CC(=O)N(C)C)C(=O)O)nc(-c2ccncc2)n1. The first-order valence-corrected chi connectivity index (χ1v) is 14.2. The summed E-state index contributed by atoms with van der Waals surface area (Å²) in [5.74, 6) is 0.963. The smallest absolute Gasteiger partial charge is 0.326 e. The van der Waals surface area contributed by atoms with Crippen LogP contribution in [0.25, 0.3) is 11.4 Å². The molecule has 0 saturated heterocycles. The molecule has 11 heteroatoms. The number of aryl methyl sites for hydroxylation is 3. The summed E-state index contributed by atoms with van der Waals surface area (Å²) in [5, 5.41) is 16.4. The van der Waals surface area contributed by atoms with Crippen LogP contribution in [-0.4, -0.2) is 93.0 Å². The van der Waals surface area contributed by atoms with E-state index in [0.717, 1.165) is 61.4 Å². The van der Waals surface area contributed by atoms with Gasteiger partial charge in [0.1, 0.15) is 17.7 Å². The number of unbranched alkanes of at least 4 members (excludes halogenated alkanes) is 1. The maximum atomic E-state index is 12.5. The Kier molecular flexibility index (Phi) is 10.6. The molecule has 41 heavy (non-hydrogen) atoms. The first-order valence-electron chi connectivity index (χ1n) is 14.2. The monoisotopic (exact) mass is 560 g/mol. The number of fused-ring (bicyclic) bond motifs is 1. The summed E-state index contributed by atoms with van der Waals surface area (Å²) >= 11 is 0. The Labute approximate surface area is 241 Å². The molecule has 1 atom stereocenters. The van der Waals surface area contributed by atoms with Gasteiger partial charge >= 0.3 is 5.97 Å². The van der Waals surface area contributed by atoms with Crippen LogP contribution < -0.4 is 10.6 Å². The lowest BCUT2D eigenvalue weighted by Gasteiger charge is -2.25. The standard InChI is InChI=1S/C30H40N8O3/c1-21-19-26(36-29(33-21)23-11-15-31-16-12-23)35-25(30(40)41)13-18-38(20-27(39)37(2)3)17-5-4-8-24-10-9-22-7-6-14-32-28(22)34-24/h9-12,15-16,19,25H,4-8,13-14,17-18,20H2,1-3H3,(H,32,34)(H,40,41)(H,33,35,36)/t25-/m0/s1. The average molecular weight is 561 g/mol. The summed E-state index contributed by atoms with van der Waals surface area (Å²) in [6.45, 7) is 4.18. The summed E-state index contributed by atoms with van der Waals surface area (Å²) in [6, 6.07) is 8.76. The van der Waals surface area contributed by atoms with Crippen LogP contribution in [0.5, 0.6) is 0 Å². The van der Waals surface area contributed by atoms with Crippen molar-refractivity contribution in [2.24, 2.45) is 0 Å². The van der Waals surface area contributed by atoms with Crippen LogP contribution in [0.1, 0.15) is 42.6 Å². The van der Waals surface area contributed by atoms with Gasteiger partial charge in [0.05, 0.1) is 6.54 Å². The highest BCUT2D eigenvalue weighted by molar-refractivity contribution is 5.78. The number of carbonyl (C=O) groups excluding carboxylic acids is 1. The van der Waals surface area contributed by atoms with Crippen molar-refractivity contribution in [3.05, 3.63) is 59.7 Å². The molecule has 1 aliphatic heterocycles. The van der Waals surface area contributed by atoms with E-state index in [9.17, 15) is 14.7 Å². The van der Waals surface area contributed by atoms with E-state index in [1.807, 2.05) is 24.0 Å². The highest BCUT2D eigenvalue weighted by Gasteiger charge is 2.21. The Hall–Kier alpha value is -4.12. The number of carboxylic acids is 1. The van der Waals surface area contributed by atoms with Crippen molar-refractivity contribution in [1.82, 2.24) is 29.7 Å². The van der Waals surface area contributed by atoms with E-state index >= 15 is 0 Å². The number of nitrogens with zero attached hydrogens (tertiary/aromatic N) is 6. The van der Waals surface area contributed by atoms with Gasteiger partial charge in [-0.25, -0.2) is 19.7 Å². The van der Waals surface area contributed by atoms with Crippen molar-refractivity contribution in [2.45, 2.75) is 51.5 Å². The summed E-state index contributed by atoms with van der Waals surface area (Å²) in [5.41, 5.74) is 3.87. The van der Waals surface area contributed by atoms with Crippen LogP contribution in [0.2, 0.25) is 0 Å². The number of carboxylic acid groups (broad SMARTS) is 1. The number of aromatic nitrogens is 4. The molecular formula is C30H40N8O3. The van der Waals surface area contributed by atoms with Crippen LogP contribution in [0, 0.1) is 6.92 Å². The van der Waals surface area contributed by atoms with Crippen molar-refractivity contribution < 1.29 is 14.7 Å². The number of pyridine rings is 2. The molecule has 0 fully saturated rings. The lowest BCUT2D eigenvalue weighted by molar-refractivity contribution is -0.138. The molecule has 218 valence electrons. The van der Waals surface area contributed by atoms with Gasteiger partial charge in [-0.3, -0.25) is 14.7 Å². The first-order chi connectivity index (χ1) is 19.8. The molecule has 1 aliphatic rings. The van der Waals surface area contributed by atoms with E-state index in [1.54, 1.807) is 37.5 Å². The average Bonchev–Trinajstić information content (AvgIpc) is 2.97. The third-order valence-electron chi connectivity index (χ3n) is 7.11. The highest BCUT2D eigenvalue weighted by Crippen LogP contribution is 2.21. The van der Waals surface area contributed by atoms with Crippen molar-refractivity contribution in [3.8, 4) is 11.4 Å². The fraction of sp³-hybridized carbons (Fsp3) is 0.467. The minimum atomic E-state index is -0.974. The Bertz CT molecular complexity index is 1320. The van der Waals surface area contributed by atoms with Crippen LogP contribution in [0.4, 0.5) is 11.6 Å². The Balaban J connectivity index is 1.35. The minimum Gasteiger partial charge on any atom is -0.480 e. The van der Waals surface area contributed by atoms with Gasteiger partial charge in [-0.1, -0.05) is 6.07 Å². The number of likely N-dealkylation sites (N-methyl/N-ethyl adjacent to an activating group) is 1. The second kappa shape index (κ2) is 14.5. The maximum Gasteiger partial charge on any atom is 0.326 e. The summed E-state index contributed by atoms with van der Waals surface area (Å²) in [4.78, 5) is 46.2. The lowest BCUT2D eigenvalue weighted by Crippen LogP contribution is -2.40. The van der Waals surface area contributed by atoms with Gasteiger partial charge in [-0.15, -0.1) is 0 Å². The molecule has 3 aromatic heterocycles. The van der Waals surface area contributed by atoms with Crippen LogP contribution in [0.15, 0.2) is 42.7 Å². The molecule has 0 spiro atoms. The first kappa shape index (κ1) is 29.9. The number of anilines is 2. The molecule has 4 heterocycles. The van der Waals surface area contributed by atoms with Gasteiger partial charge in [-0.05, 0) is 75.8 Å². The molecule has 3 aromatic rings. The molecule has 3 N–H and O–H groups in total. The molecule has 0 unspecified atom stereocenters. The molecule has 1 amide bonds. The molecule has 0 aromatic carbocycles. The van der Waals surface area contributed by atoms with Gasteiger partial charge in [0.15, 0.2) is 5.82 Å². The Morgan fingerprint density at radius 2 is 1.88 bits per heavy atom. The predicted octanol–water partition coefficient (Wildman–Crippen LogP) is 3.27. The highest BCUT2D eigenvalue weighted by atomic mass is 16.4. The predicted molar refractivity (Wildman–Crippen MR) is 159 cm³/mol. The topological polar surface area (TPSA) is 136 Å². The Morgan fingerprint density at radius 1 is 1.07 bits per heavy atom. The zero-order valence-corrected chi connectivity index (χ0v) is 24.1. The van der Waals surface area contributed by atoms with Gasteiger partial charge in [0.2, 0.25) is 5.91 Å². The van der Waals surface area contributed by atoms with Crippen LogP contribution in [-0.2, 0) is 22.4 Å². The largest absolute Gasteiger partial charge is 0.480 e. The summed E-state index contributed by atoms with van der Waals surface area (Å²) in [6.07, 6.45) is 8.50. The zero-order valence-electron chi connectivity index (χ0n) is 24.1. The van der Waals surface area contributed by atoms with Crippen molar-refractivity contribution in [2.75, 3.05) is 50.9 Å². The van der Waals surface area contributed by atoms with E-state index in [1.165, 1.54) is 5.56 Å². The molecule has 0 saturated carbocycles. The molecule has 0 aliphatic carbocycles. The van der Waals surface area contributed by atoms with Gasteiger partial charge in [-0.2, -0.15) is 0 Å². The van der Waals surface area contributed by atoms with E-state index in [-0.39, 0.29) is 12.5 Å². The normalized spacial score (nSPS) is 13.3. The fourth-order valence-electron chi connectivity index (χ4n) is 4.77. The van der Waals surface area contributed by atoms with Gasteiger partial charge in [0.25, 0.3) is 0 Å². The van der Waals surface area contributed by atoms with Crippen molar-refractivity contribution >= 4 is 23.5 Å². The molecule has 4 rings (SSSR count). The molecule has 11 nitrogen and oxygen atoms in total. The second-order valence-electron chi connectivity index (χ2n) is 10.6. The number of aliphatic carboxylic acids is 1. The van der Waals surface area contributed by atoms with Gasteiger partial charge in [0, 0.05) is 62.6 Å². The fourth-order valence-corrected chi connectivity index (χ4v) is 4.77. The molecule has 0 radical (unpaired) electrons. The number of amides is 1. The minimum absolute atomic E-state index is 0.0133. The second-order valence-corrected chi connectivity index (χ2v) is 10.6. The van der Waals surface area contributed by atoms with Crippen molar-refractivity contribution in [3.63, 3.8) is 0 Å². The third-order valence-corrected chi connectivity index (χ3v) is 7.11. The Morgan fingerprint density at radius 3 is 2.63 bits per heavy atom. The number of nitrogens with one attached hydrogen (secondary N) is 2. The summed E-state index contributed by atoms with van der Waals surface area (Å²) < 4.78 is 0. The van der Waals surface area contributed by atoms with E-state index in [4.69, 9.17) is 4.98 Å². The van der Waals surface area contributed by atoms with E-state index < -0.39 is 12.0 Å². The van der Waals surface area contributed by atoms with E-state index in [0.29, 0.717) is 31.2 Å². The lowest BCUT2D eigenvalue weighted by atomic mass is 10.1. The van der Waals surface area contributed by atoms with Crippen LogP contribution >= 0.6 is 0 Å². The van der Waals surface area contributed by atoms with E-state index in [2.05, 4.69) is 37.7 Å². The zero-order chi connectivity index (χ0) is 29.2. The van der Waals surface area contributed by atoms with Crippen LogP contribution in [0.3, 0.4) is 0 Å². The molecular weight excluding hydrogens is 520 g/mol. The maximum absolute atomic E-state index is 12.5. The summed E-state index contributed by atoms with van der Waals surface area (Å²) in [7, 11) is 3.46. The number of hydrogen-bond acceptors (Lipinski definition) is 9. The number of carbonyl (C=O) groups is 2. The number of hydrogen-bond donors (Lipinski definition) is 3. The molecule has 0 bridgehead atoms.